The fourth-order valence-electron chi connectivity index (χ4n) is 2.10. The maximum Gasteiger partial charge on any atom is 0.330 e. The van der Waals surface area contributed by atoms with Crippen LogP contribution in [0.2, 0.25) is 0 Å². The quantitative estimate of drug-likeness (QED) is 0.843. The summed E-state index contributed by atoms with van der Waals surface area (Å²) in [5, 5.41) is 3.08. The molecule has 0 saturated heterocycles. The zero-order valence-electron chi connectivity index (χ0n) is 11.6. The molecule has 2 heterocycles. The second-order valence-electron chi connectivity index (χ2n) is 4.96. The number of aromatic nitrogens is 4. The van der Waals surface area contributed by atoms with Gasteiger partial charge in [0.2, 0.25) is 5.95 Å². The lowest BCUT2D eigenvalue weighted by molar-refractivity contribution is 0.513. The molecule has 0 atom stereocenters. The molecule has 0 amide bonds. The number of H-pyrrole nitrogens is 1. The van der Waals surface area contributed by atoms with E-state index in [9.17, 15) is 9.59 Å². The number of fused-ring (bicyclic) bond motifs is 1. The zero-order chi connectivity index (χ0) is 14.2. The standard InChI is InChI=1S/C12H19N5O2/c1-5-13-11-14-9-8(16(11)4)10(18)15-12(19)17(9)6-7(2)3/h7H,5-6H2,1-4H3,(H,13,14)(H,15,18,19). The van der Waals surface area contributed by atoms with Crippen molar-refractivity contribution in [3.05, 3.63) is 20.8 Å². The molecule has 0 aliphatic carbocycles. The molecule has 0 aromatic carbocycles. The number of anilines is 1. The van der Waals surface area contributed by atoms with Crippen molar-refractivity contribution in [2.24, 2.45) is 13.0 Å². The molecule has 0 bridgehead atoms. The third-order valence-electron chi connectivity index (χ3n) is 2.90. The van der Waals surface area contributed by atoms with E-state index in [1.807, 2.05) is 20.8 Å². The largest absolute Gasteiger partial charge is 0.356 e. The van der Waals surface area contributed by atoms with Gasteiger partial charge in [-0.3, -0.25) is 14.3 Å². The van der Waals surface area contributed by atoms with Crippen LogP contribution in [0.4, 0.5) is 5.95 Å². The lowest BCUT2D eigenvalue weighted by Gasteiger charge is -2.08. The summed E-state index contributed by atoms with van der Waals surface area (Å²) in [6.45, 7) is 7.19. The Bertz CT molecular complexity index is 707. The second-order valence-corrected chi connectivity index (χ2v) is 4.96. The topological polar surface area (TPSA) is 84.7 Å². The van der Waals surface area contributed by atoms with Crippen molar-refractivity contribution in [2.45, 2.75) is 27.3 Å². The number of aromatic amines is 1. The first-order chi connectivity index (χ1) is 8.95. The van der Waals surface area contributed by atoms with Crippen LogP contribution in [0.15, 0.2) is 9.59 Å². The van der Waals surface area contributed by atoms with Gasteiger partial charge in [0.1, 0.15) is 0 Å². The van der Waals surface area contributed by atoms with Crippen LogP contribution in [0.5, 0.6) is 0 Å². The summed E-state index contributed by atoms with van der Waals surface area (Å²) < 4.78 is 3.19. The van der Waals surface area contributed by atoms with Crippen molar-refractivity contribution in [2.75, 3.05) is 11.9 Å². The molecule has 2 aromatic heterocycles. The van der Waals surface area contributed by atoms with Crippen molar-refractivity contribution in [3.8, 4) is 0 Å². The highest BCUT2D eigenvalue weighted by molar-refractivity contribution is 5.73. The van der Waals surface area contributed by atoms with E-state index < -0.39 is 11.2 Å². The molecule has 0 spiro atoms. The van der Waals surface area contributed by atoms with Gasteiger partial charge >= 0.3 is 5.69 Å². The first kappa shape index (κ1) is 13.4. The van der Waals surface area contributed by atoms with Gasteiger partial charge in [0.05, 0.1) is 0 Å². The molecule has 2 N–H and O–H groups in total. The summed E-state index contributed by atoms with van der Waals surface area (Å²) in [6.07, 6.45) is 0. The first-order valence-electron chi connectivity index (χ1n) is 6.39. The predicted octanol–water partition coefficient (Wildman–Crippen LogP) is 0.511. The van der Waals surface area contributed by atoms with Gasteiger partial charge in [0, 0.05) is 20.1 Å². The number of aryl methyl sites for hydroxylation is 1. The molecule has 2 aromatic rings. The van der Waals surface area contributed by atoms with Gasteiger partial charge in [-0.25, -0.2) is 4.79 Å². The molecule has 7 nitrogen and oxygen atoms in total. The summed E-state index contributed by atoms with van der Waals surface area (Å²) in [7, 11) is 1.76. The molecule has 19 heavy (non-hydrogen) atoms. The van der Waals surface area contributed by atoms with Gasteiger partial charge in [-0.2, -0.15) is 4.98 Å². The van der Waals surface area contributed by atoms with Crippen molar-refractivity contribution in [1.82, 2.24) is 19.1 Å². The minimum Gasteiger partial charge on any atom is -0.356 e. The Hall–Kier alpha value is -2.05. The smallest absolute Gasteiger partial charge is 0.330 e. The number of nitrogens with zero attached hydrogens (tertiary/aromatic N) is 3. The number of hydrogen-bond donors (Lipinski definition) is 2. The van der Waals surface area contributed by atoms with Crippen molar-refractivity contribution in [1.29, 1.82) is 0 Å². The lowest BCUT2D eigenvalue weighted by Crippen LogP contribution is -2.32. The Morgan fingerprint density at radius 3 is 2.63 bits per heavy atom. The number of nitrogens with one attached hydrogen (secondary N) is 2. The van der Waals surface area contributed by atoms with Gasteiger partial charge in [-0.15, -0.1) is 0 Å². The molecule has 0 aliphatic heterocycles. The van der Waals surface area contributed by atoms with Crippen molar-refractivity contribution in [3.63, 3.8) is 0 Å². The lowest BCUT2D eigenvalue weighted by atomic mass is 10.2. The highest BCUT2D eigenvalue weighted by Crippen LogP contribution is 2.14. The molecule has 0 radical (unpaired) electrons. The molecule has 0 fully saturated rings. The zero-order valence-corrected chi connectivity index (χ0v) is 11.6. The van der Waals surface area contributed by atoms with Gasteiger partial charge in [-0.05, 0) is 12.8 Å². The Morgan fingerprint density at radius 2 is 2.05 bits per heavy atom. The SMILES string of the molecule is CCNc1nc2c(c(=O)[nH]c(=O)n2CC(C)C)n1C. The van der Waals surface area contributed by atoms with Crippen LogP contribution < -0.4 is 16.6 Å². The molecular formula is C12H19N5O2. The van der Waals surface area contributed by atoms with Crippen LogP contribution >= 0.6 is 0 Å². The summed E-state index contributed by atoms with van der Waals surface area (Å²) in [5.74, 6) is 0.877. The highest BCUT2D eigenvalue weighted by Gasteiger charge is 2.16. The van der Waals surface area contributed by atoms with Crippen LogP contribution in [0.1, 0.15) is 20.8 Å². The third kappa shape index (κ3) is 2.27. The fourth-order valence-corrected chi connectivity index (χ4v) is 2.10. The molecule has 0 unspecified atom stereocenters. The minimum atomic E-state index is -0.410. The van der Waals surface area contributed by atoms with E-state index in [1.165, 1.54) is 4.57 Å². The van der Waals surface area contributed by atoms with Crippen LogP contribution in [0.3, 0.4) is 0 Å². The Morgan fingerprint density at radius 1 is 1.37 bits per heavy atom. The van der Waals surface area contributed by atoms with Gasteiger partial charge in [-0.1, -0.05) is 13.8 Å². The second kappa shape index (κ2) is 4.91. The number of hydrogen-bond acceptors (Lipinski definition) is 4. The van der Waals surface area contributed by atoms with Crippen molar-refractivity contribution >= 4 is 17.1 Å². The Kier molecular flexibility index (Phi) is 3.46. The van der Waals surface area contributed by atoms with E-state index in [4.69, 9.17) is 0 Å². The first-order valence-corrected chi connectivity index (χ1v) is 6.39. The van der Waals surface area contributed by atoms with Gasteiger partial charge in [0.25, 0.3) is 5.56 Å². The van der Waals surface area contributed by atoms with E-state index in [1.54, 1.807) is 11.6 Å². The molecule has 0 aliphatic rings. The average molecular weight is 265 g/mol. The van der Waals surface area contributed by atoms with Crippen LogP contribution in [0, 0.1) is 5.92 Å². The number of rotatable bonds is 4. The Labute approximate surface area is 110 Å². The number of imidazole rings is 1. The Balaban J connectivity index is 2.78. The summed E-state index contributed by atoms with van der Waals surface area (Å²) in [6, 6.07) is 0. The minimum absolute atomic E-state index is 0.288. The van der Waals surface area contributed by atoms with Gasteiger partial charge in [0.15, 0.2) is 11.2 Å². The molecule has 7 heteroatoms. The molecule has 0 saturated carbocycles. The predicted molar refractivity (Wildman–Crippen MR) is 74.6 cm³/mol. The van der Waals surface area contributed by atoms with E-state index >= 15 is 0 Å². The normalized spacial score (nSPS) is 11.4. The average Bonchev–Trinajstić information content (AvgIpc) is 2.63. The summed E-state index contributed by atoms with van der Waals surface area (Å²) in [4.78, 5) is 30.5. The monoisotopic (exact) mass is 265 g/mol. The van der Waals surface area contributed by atoms with Crippen LogP contribution in [-0.2, 0) is 13.6 Å². The van der Waals surface area contributed by atoms with Gasteiger partial charge < -0.3 is 9.88 Å². The van der Waals surface area contributed by atoms with E-state index in [-0.39, 0.29) is 5.92 Å². The highest BCUT2D eigenvalue weighted by atomic mass is 16.2. The maximum atomic E-state index is 11.9. The van der Waals surface area contributed by atoms with E-state index in [2.05, 4.69) is 15.3 Å². The van der Waals surface area contributed by atoms with E-state index in [0.717, 1.165) is 0 Å². The maximum absolute atomic E-state index is 11.9. The van der Waals surface area contributed by atoms with Crippen molar-refractivity contribution < 1.29 is 0 Å². The molecular weight excluding hydrogens is 246 g/mol. The fraction of sp³-hybridized carbons (Fsp3) is 0.583. The van der Waals surface area contributed by atoms with Crippen LogP contribution in [0.25, 0.3) is 11.2 Å². The summed E-state index contributed by atoms with van der Waals surface area (Å²) >= 11 is 0. The summed E-state index contributed by atoms with van der Waals surface area (Å²) in [5.41, 5.74) is 0.0311. The van der Waals surface area contributed by atoms with E-state index in [0.29, 0.717) is 30.2 Å². The molecule has 104 valence electrons. The van der Waals surface area contributed by atoms with Crippen LogP contribution in [-0.4, -0.2) is 25.6 Å². The third-order valence-corrected chi connectivity index (χ3v) is 2.90. The molecule has 2 rings (SSSR count).